The van der Waals surface area contributed by atoms with Crippen molar-refractivity contribution >= 4 is 16.4 Å². The number of aryl methyl sites for hydroxylation is 1. The highest BCUT2D eigenvalue weighted by Crippen LogP contribution is 2.72. The maximum absolute atomic E-state index is 11.9. The van der Waals surface area contributed by atoms with Crippen molar-refractivity contribution in [3.63, 3.8) is 0 Å². The fourth-order valence-corrected chi connectivity index (χ4v) is 7.68. The summed E-state index contributed by atoms with van der Waals surface area (Å²) < 4.78 is 45.6. The fraction of sp³-hybridized carbons (Fsp3) is 0.767. The first-order valence-electron chi connectivity index (χ1n) is 14.2. The Morgan fingerprint density at radius 1 is 1.15 bits per heavy atom. The average Bonchev–Trinajstić information content (AvgIpc) is 3.32. The van der Waals surface area contributed by atoms with Gasteiger partial charge < -0.3 is 4.42 Å². The van der Waals surface area contributed by atoms with Crippen molar-refractivity contribution in [2.45, 2.75) is 106 Å². The van der Waals surface area contributed by atoms with Crippen LogP contribution in [0.15, 0.2) is 34.7 Å². The van der Waals surface area contributed by atoms with E-state index in [1.165, 1.54) is 18.4 Å². The molecule has 0 spiro atoms. The molecular formula is C30H54N3O5S+. The standard InChI is InChI=1S/C27H44O5S.C3H9N3/c1-20(10-8-11-22-13-17-31-19-22)23(32-33(28,29)30)18-25(5)21(2)12-16-26(6)24(3,4)14-9-15-27(25,26)7;1-6(2)3(4)5/h12-13,17,19-20,23H,8-11,14-16,18H2,1-7H3,(H,28,29,30);1-2H3,(H3,4,5)/p+1/t20-,23+,25+,26+,27-;/m1./s1. The fourth-order valence-electron chi connectivity index (χ4n) is 7.11. The Morgan fingerprint density at radius 2 is 1.77 bits per heavy atom. The Kier molecular flexibility index (Phi) is 10.6. The Labute approximate surface area is 237 Å². The molecule has 2 aliphatic rings. The van der Waals surface area contributed by atoms with Gasteiger partial charge in [-0.25, -0.2) is 4.18 Å². The van der Waals surface area contributed by atoms with Gasteiger partial charge in [0.2, 0.25) is 0 Å². The monoisotopic (exact) mass is 568 g/mol. The number of rotatable bonds is 9. The lowest BCUT2D eigenvalue weighted by molar-refractivity contribution is -0.466. The highest BCUT2D eigenvalue weighted by molar-refractivity contribution is 7.80. The van der Waals surface area contributed by atoms with Crippen LogP contribution in [0, 0.1) is 27.6 Å². The van der Waals surface area contributed by atoms with Crippen molar-refractivity contribution in [1.82, 2.24) is 0 Å². The van der Waals surface area contributed by atoms with E-state index in [1.807, 2.05) is 13.0 Å². The molecule has 1 aromatic rings. The van der Waals surface area contributed by atoms with Crippen LogP contribution in [0.5, 0.6) is 0 Å². The molecule has 0 aromatic carbocycles. The molecular weight excluding hydrogens is 514 g/mol. The Hall–Kier alpha value is -1.84. The molecule has 1 aromatic heterocycles. The summed E-state index contributed by atoms with van der Waals surface area (Å²) in [6, 6.07) is 1.96. The van der Waals surface area contributed by atoms with Crippen molar-refractivity contribution in [2.24, 2.45) is 39.0 Å². The van der Waals surface area contributed by atoms with E-state index in [0.29, 0.717) is 12.4 Å². The molecule has 2 aliphatic carbocycles. The molecule has 1 saturated carbocycles. The van der Waals surface area contributed by atoms with Crippen LogP contribution < -0.4 is 11.5 Å². The molecule has 0 unspecified atom stereocenters. The summed E-state index contributed by atoms with van der Waals surface area (Å²) >= 11 is 0. The molecule has 0 amide bonds. The number of furan rings is 1. The first kappa shape index (κ1) is 33.4. The second-order valence-corrected chi connectivity index (χ2v) is 14.5. The summed E-state index contributed by atoms with van der Waals surface area (Å²) in [7, 11) is -0.979. The Bertz CT molecular complexity index is 1110. The number of allylic oxidation sites excluding steroid dienone is 2. The van der Waals surface area contributed by atoms with Crippen molar-refractivity contribution < 1.29 is 26.1 Å². The van der Waals surface area contributed by atoms with Gasteiger partial charge in [-0.15, -0.1) is 0 Å². The number of guanidine groups is 1. The minimum absolute atomic E-state index is 0.00206. The van der Waals surface area contributed by atoms with Gasteiger partial charge >= 0.3 is 16.4 Å². The molecule has 9 heteroatoms. The quantitative estimate of drug-likeness (QED) is 0.111. The van der Waals surface area contributed by atoms with Crippen LogP contribution in [0.3, 0.4) is 0 Å². The van der Waals surface area contributed by atoms with Gasteiger partial charge in [0.15, 0.2) is 0 Å². The smallest absolute Gasteiger partial charge is 0.397 e. The summed E-state index contributed by atoms with van der Waals surface area (Å²) in [4.78, 5) is 0. The largest absolute Gasteiger partial charge is 0.472 e. The van der Waals surface area contributed by atoms with Crippen LogP contribution in [0.4, 0.5) is 0 Å². The highest BCUT2D eigenvalue weighted by Gasteiger charge is 2.64. The van der Waals surface area contributed by atoms with E-state index in [2.05, 4.69) is 47.6 Å². The molecule has 0 aliphatic heterocycles. The van der Waals surface area contributed by atoms with E-state index < -0.39 is 16.5 Å². The summed E-state index contributed by atoms with van der Waals surface area (Å²) in [6.07, 6.45) is 12.9. The second-order valence-electron chi connectivity index (χ2n) is 13.4. The van der Waals surface area contributed by atoms with Crippen molar-refractivity contribution in [1.29, 1.82) is 0 Å². The molecule has 8 nitrogen and oxygen atoms in total. The van der Waals surface area contributed by atoms with Crippen molar-refractivity contribution in [3.8, 4) is 0 Å². The molecule has 3 rings (SSSR count). The lowest BCUT2D eigenvalue weighted by Gasteiger charge is -2.68. The van der Waals surface area contributed by atoms with Gasteiger partial charge in [-0.05, 0) is 91.1 Å². The maximum Gasteiger partial charge on any atom is 0.397 e. The summed E-state index contributed by atoms with van der Waals surface area (Å²) in [6.45, 7) is 16.2. The van der Waals surface area contributed by atoms with Crippen LogP contribution in [0.25, 0.3) is 0 Å². The van der Waals surface area contributed by atoms with E-state index in [1.54, 1.807) is 31.2 Å². The van der Waals surface area contributed by atoms with Crippen molar-refractivity contribution in [2.75, 3.05) is 14.1 Å². The van der Waals surface area contributed by atoms with Gasteiger partial charge in [0, 0.05) is 0 Å². The zero-order valence-corrected chi connectivity index (χ0v) is 26.5. The van der Waals surface area contributed by atoms with E-state index in [0.717, 1.165) is 37.7 Å². The molecule has 0 bridgehead atoms. The summed E-state index contributed by atoms with van der Waals surface area (Å²) in [5, 5.41) is 0. The topological polar surface area (TPSA) is 132 Å². The minimum atomic E-state index is -4.55. The van der Waals surface area contributed by atoms with Gasteiger partial charge in [0.25, 0.3) is 0 Å². The third-order valence-corrected chi connectivity index (χ3v) is 11.3. The van der Waals surface area contributed by atoms with Crippen molar-refractivity contribution in [3.05, 3.63) is 35.8 Å². The normalized spacial score (nSPS) is 29.7. The maximum atomic E-state index is 11.9. The van der Waals surface area contributed by atoms with Gasteiger partial charge in [0.1, 0.15) is 0 Å². The Morgan fingerprint density at radius 3 is 2.28 bits per heavy atom. The summed E-state index contributed by atoms with van der Waals surface area (Å²) in [5.74, 6) is 0.326. The van der Waals surface area contributed by atoms with Crippen LogP contribution in [0.1, 0.15) is 99.0 Å². The summed E-state index contributed by atoms with van der Waals surface area (Å²) in [5.41, 5.74) is 12.6. The van der Waals surface area contributed by atoms with Crippen LogP contribution in [-0.4, -0.2) is 43.7 Å². The van der Waals surface area contributed by atoms with Gasteiger partial charge in [-0.2, -0.15) is 8.42 Å². The van der Waals surface area contributed by atoms with E-state index in [9.17, 15) is 13.0 Å². The number of hydrogen-bond acceptors (Lipinski definition) is 4. The van der Waals surface area contributed by atoms with Gasteiger partial charge in [0.05, 0.1) is 32.7 Å². The third-order valence-electron chi connectivity index (χ3n) is 10.8. The second kappa shape index (κ2) is 12.4. The first-order valence-corrected chi connectivity index (χ1v) is 15.6. The van der Waals surface area contributed by atoms with E-state index >= 15 is 0 Å². The molecule has 1 heterocycles. The SMILES string of the molecule is CC1=CC[C@@]2(C)C(C)(C)CCC[C@]2(C)[C@@]1(C)C[C@H](OS(=O)(=O)O)[C@H](C)CCCc1ccoc1.C[N+](C)=C(N)N. The number of nitrogens with zero attached hydrogens (tertiary/aromatic N) is 1. The van der Waals surface area contributed by atoms with E-state index in [-0.39, 0.29) is 27.6 Å². The highest BCUT2D eigenvalue weighted by atomic mass is 32.3. The number of fused-ring (bicyclic) bond motifs is 1. The number of hydrogen-bond donors (Lipinski definition) is 3. The molecule has 224 valence electrons. The lowest BCUT2D eigenvalue weighted by Crippen LogP contribution is -2.61. The van der Waals surface area contributed by atoms with E-state index in [4.69, 9.17) is 20.1 Å². The van der Waals surface area contributed by atoms with Crippen LogP contribution in [0.2, 0.25) is 0 Å². The average molecular weight is 569 g/mol. The molecule has 39 heavy (non-hydrogen) atoms. The number of nitrogens with two attached hydrogens (primary N) is 2. The predicted octanol–water partition coefficient (Wildman–Crippen LogP) is 5.93. The molecule has 0 radical (unpaired) electrons. The molecule has 0 saturated heterocycles. The molecule has 5 atom stereocenters. The lowest BCUT2D eigenvalue weighted by atomic mass is 9.36. The molecule has 1 fully saturated rings. The zero-order valence-electron chi connectivity index (χ0n) is 25.7. The minimum Gasteiger partial charge on any atom is -0.472 e. The van der Waals surface area contributed by atoms with Gasteiger partial charge in [-0.3, -0.25) is 20.6 Å². The molecule has 5 N–H and O–H groups in total. The van der Waals surface area contributed by atoms with Gasteiger partial charge in [-0.1, -0.05) is 59.6 Å². The Balaban J connectivity index is 0.000000798. The van der Waals surface area contributed by atoms with Crippen LogP contribution >= 0.6 is 0 Å². The first-order chi connectivity index (χ1) is 17.8. The zero-order chi connectivity index (χ0) is 29.9. The van der Waals surface area contributed by atoms with Crippen LogP contribution in [-0.2, 0) is 21.0 Å². The predicted molar refractivity (Wildman–Crippen MR) is 158 cm³/mol. The third kappa shape index (κ3) is 7.27.